The number of amides is 1. The molecule has 16 heavy (non-hydrogen) atoms. The molecule has 1 aromatic rings. The molecule has 1 rings (SSSR count). The third kappa shape index (κ3) is 3.08. The summed E-state index contributed by atoms with van der Waals surface area (Å²) in [5.74, 6) is 0.171. The molecule has 86 valence electrons. The first-order valence-corrected chi connectivity index (χ1v) is 5.13. The summed E-state index contributed by atoms with van der Waals surface area (Å²) in [6.45, 7) is 3.98. The van der Waals surface area contributed by atoms with E-state index in [9.17, 15) is 4.79 Å². The summed E-state index contributed by atoms with van der Waals surface area (Å²) < 4.78 is 0. The number of hydrogen-bond acceptors (Lipinski definition) is 2. The van der Waals surface area contributed by atoms with Crippen LogP contribution in [0.25, 0.3) is 0 Å². The second-order valence-electron chi connectivity index (χ2n) is 3.81. The Morgan fingerprint density at radius 1 is 1.31 bits per heavy atom. The molecule has 0 spiro atoms. The zero-order valence-corrected chi connectivity index (χ0v) is 9.71. The van der Waals surface area contributed by atoms with Crippen molar-refractivity contribution in [2.24, 2.45) is 11.0 Å². The van der Waals surface area contributed by atoms with E-state index in [1.807, 2.05) is 44.2 Å². The van der Waals surface area contributed by atoms with Gasteiger partial charge in [0.1, 0.15) is 0 Å². The van der Waals surface area contributed by atoms with Gasteiger partial charge in [0.2, 0.25) is 0 Å². The van der Waals surface area contributed by atoms with Gasteiger partial charge in [0.25, 0.3) is 0 Å². The summed E-state index contributed by atoms with van der Waals surface area (Å²) in [4.78, 5) is 10.7. The fourth-order valence-electron chi connectivity index (χ4n) is 1.32. The lowest BCUT2D eigenvalue weighted by molar-refractivity contribution is 0.157. The normalized spacial score (nSPS) is 11.6. The Balaban J connectivity index is 3.06. The van der Waals surface area contributed by atoms with Crippen molar-refractivity contribution in [1.29, 1.82) is 0 Å². The average molecular weight is 220 g/mol. The van der Waals surface area contributed by atoms with Gasteiger partial charge in [-0.05, 0) is 11.5 Å². The van der Waals surface area contributed by atoms with Gasteiger partial charge in [0, 0.05) is 7.05 Å². The second kappa shape index (κ2) is 5.30. The van der Waals surface area contributed by atoms with Crippen molar-refractivity contribution >= 4 is 11.8 Å². The molecule has 0 fully saturated rings. The topological polar surface area (TPSA) is 52.9 Å². The third-order valence-corrected chi connectivity index (χ3v) is 2.15. The molecule has 0 radical (unpaired) electrons. The van der Waals surface area contributed by atoms with E-state index < -0.39 is 6.09 Å². The van der Waals surface area contributed by atoms with Crippen LogP contribution in [0.15, 0.2) is 35.4 Å². The Bertz CT molecular complexity index is 385. The summed E-state index contributed by atoms with van der Waals surface area (Å²) in [5.41, 5.74) is 1.72. The van der Waals surface area contributed by atoms with Crippen LogP contribution in [-0.2, 0) is 0 Å². The Labute approximate surface area is 95.2 Å². The first kappa shape index (κ1) is 12.2. The number of nitrogens with zero attached hydrogens (tertiary/aromatic N) is 2. The van der Waals surface area contributed by atoms with Crippen molar-refractivity contribution in [3.63, 3.8) is 0 Å². The summed E-state index contributed by atoms with van der Waals surface area (Å²) in [7, 11) is 1.42. The van der Waals surface area contributed by atoms with Crippen LogP contribution in [0.4, 0.5) is 4.79 Å². The van der Waals surface area contributed by atoms with Crippen LogP contribution in [-0.4, -0.2) is 29.0 Å². The minimum absolute atomic E-state index is 0.171. The van der Waals surface area contributed by atoms with Crippen molar-refractivity contribution in [2.75, 3.05) is 7.05 Å². The molecule has 0 aliphatic rings. The van der Waals surface area contributed by atoms with E-state index in [2.05, 4.69) is 5.10 Å². The van der Waals surface area contributed by atoms with Crippen molar-refractivity contribution in [2.45, 2.75) is 13.8 Å². The zero-order chi connectivity index (χ0) is 12.1. The van der Waals surface area contributed by atoms with Gasteiger partial charge in [-0.1, -0.05) is 44.2 Å². The van der Waals surface area contributed by atoms with Gasteiger partial charge in [0.15, 0.2) is 0 Å². The predicted octanol–water partition coefficient (Wildman–Crippen LogP) is 2.66. The molecule has 1 amide bonds. The van der Waals surface area contributed by atoms with Crippen molar-refractivity contribution in [3.05, 3.63) is 35.9 Å². The highest BCUT2D eigenvalue weighted by Gasteiger charge is 2.11. The van der Waals surface area contributed by atoms with Gasteiger partial charge in [0.05, 0.1) is 5.71 Å². The lowest BCUT2D eigenvalue weighted by Gasteiger charge is -2.14. The Morgan fingerprint density at radius 3 is 2.31 bits per heavy atom. The van der Waals surface area contributed by atoms with Gasteiger partial charge in [-0.2, -0.15) is 5.10 Å². The molecule has 0 atom stereocenters. The number of hydrazone groups is 1. The first-order chi connectivity index (χ1) is 7.52. The van der Waals surface area contributed by atoms with Crippen molar-refractivity contribution in [3.8, 4) is 0 Å². The lowest BCUT2D eigenvalue weighted by Crippen LogP contribution is -2.23. The maximum absolute atomic E-state index is 10.7. The van der Waals surface area contributed by atoms with Crippen LogP contribution in [0.2, 0.25) is 0 Å². The van der Waals surface area contributed by atoms with Crippen LogP contribution in [0.5, 0.6) is 0 Å². The molecule has 1 N–H and O–H groups in total. The van der Waals surface area contributed by atoms with Crippen LogP contribution in [0.3, 0.4) is 0 Å². The van der Waals surface area contributed by atoms with E-state index in [1.165, 1.54) is 7.05 Å². The quantitative estimate of drug-likeness (QED) is 0.629. The Hall–Kier alpha value is -1.84. The highest BCUT2D eigenvalue weighted by molar-refractivity contribution is 6.02. The van der Waals surface area contributed by atoms with Gasteiger partial charge < -0.3 is 5.11 Å². The van der Waals surface area contributed by atoms with Crippen LogP contribution >= 0.6 is 0 Å². The molecule has 1 aromatic carbocycles. The summed E-state index contributed by atoms with van der Waals surface area (Å²) in [6.07, 6.45) is -1.06. The largest absolute Gasteiger partial charge is 0.464 e. The predicted molar refractivity (Wildman–Crippen MR) is 63.6 cm³/mol. The van der Waals surface area contributed by atoms with Crippen LogP contribution in [0.1, 0.15) is 19.4 Å². The molecule has 0 saturated heterocycles. The third-order valence-electron chi connectivity index (χ3n) is 2.15. The number of benzene rings is 1. The summed E-state index contributed by atoms with van der Waals surface area (Å²) in [6, 6.07) is 9.59. The standard InChI is InChI=1S/C12H16N2O2/c1-9(2)11(13-14(3)12(15)16)10-7-5-4-6-8-10/h4-9H,1-3H3,(H,15,16). The molecule has 4 heteroatoms. The molecule has 0 bridgehead atoms. The molecular weight excluding hydrogens is 204 g/mol. The monoisotopic (exact) mass is 220 g/mol. The maximum atomic E-state index is 10.7. The summed E-state index contributed by atoms with van der Waals surface area (Å²) >= 11 is 0. The van der Waals surface area contributed by atoms with Crippen molar-refractivity contribution in [1.82, 2.24) is 5.01 Å². The van der Waals surface area contributed by atoms with Gasteiger partial charge in [-0.15, -0.1) is 0 Å². The molecule has 0 aliphatic heterocycles. The van der Waals surface area contributed by atoms with Crippen molar-refractivity contribution < 1.29 is 9.90 Å². The second-order valence-corrected chi connectivity index (χ2v) is 3.81. The fraction of sp³-hybridized carbons (Fsp3) is 0.333. The van der Waals surface area contributed by atoms with E-state index in [-0.39, 0.29) is 5.92 Å². The number of carboxylic acid groups (broad SMARTS) is 1. The number of hydrogen-bond donors (Lipinski definition) is 1. The summed E-state index contributed by atoms with van der Waals surface area (Å²) in [5, 5.41) is 13.8. The molecule has 0 saturated carbocycles. The molecule has 0 aliphatic carbocycles. The van der Waals surface area contributed by atoms with E-state index in [1.54, 1.807) is 0 Å². The Kier molecular flexibility index (Phi) is 4.05. The first-order valence-electron chi connectivity index (χ1n) is 5.13. The minimum Gasteiger partial charge on any atom is -0.464 e. The smallest absolute Gasteiger partial charge is 0.427 e. The SMILES string of the molecule is CC(C)C(=NN(C)C(=O)O)c1ccccc1. The fourth-order valence-corrected chi connectivity index (χ4v) is 1.32. The minimum atomic E-state index is -1.06. The number of carbonyl (C=O) groups is 1. The molecule has 0 heterocycles. The van der Waals surface area contributed by atoms with Gasteiger partial charge in [-0.25, -0.2) is 9.80 Å². The average Bonchev–Trinajstić information content (AvgIpc) is 2.26. The van der Waals surface area contributed by atoms with Crippen LogP contribution in [0, 0.1) is 5.92 Å². The lowest BCUT2D eigenvalue weighted by atomic mass is 10.0. The molecule has 4 nitrogen and oxygen atoms in total. The molecule has 0 aromatic heterocycles. The van der Waals surface area contributed by atoms with Crippen LogP contribution < -0.4 is 0 Å². The maximum Gasteiger partial charge on any atom is 0.427 e. The Morgan fingerprint density at radius 2 is 1.88 bits per heavy atom. The van der Waals surface area contributed by atoms with E-state index in [0.717, 1.165) is 16.3 Å². The zero-order valence-electron chi connectivity index (χ0n) is 9.71. The van der Waals surface area contributed by atoms with Gasteiger partial charge in [-0.3, -0.25) is 0 Å². The van der Waals surface area contributed by atoms with Gasteiger partial charge >= 0.3 is 6.09 Å². The van der Waals surface area contributed by atoms with E-state index in [0.29, 0.717) is 0 Å². The van der Waals surface area contributed by atoms with E-state index >= 15 is 0 Å². The number of rotatable bonds is 3. The highest BCUT2D eigenvalue weighted by Crippen LogP contribution is 2.10. The van der Waals surface area contributed by atoms with E-state index in [4.69, 9.17) is 5.11 Å². The molecule has 0 unspecified atom stereocenters. The highest BCUT2D eigenvalue weighted by atomic mass is 16.4. The molecular formula is C12H16N2O2.